The first-order valence-corrected chi connectivity index (χ1v) is 11.5. The van der Waals surface area contributed by atoms with Gasteiger partial charge in [-0.15, -0.1) is 0 Å². The van der Waals surface area contributed by atoms with E-state index in [9.17, 15) is 19.1 Å². The molecule has 0 saturated carbocycles. The predicted molar refractivity (Wildman–Crippen MR) is 133 cm³/mol. The van der Waals surface area contributed by atoms with Gasteiger partial charge in [0.1, 0.15) is 17.0 Å². The fourth-order valence-corrected chi connectivity index (χ4v) is 4.78. The Balaban J connectivity index is 1.63. The van der Waals surface area contributed by atoms with Crippen LogP contribution in [0.4, 0.5) is 20.4 Å². The van der Waals surface area contributed by atoms with Crippen LogP contribution in [-0.2, 0) is 20.1 Å². The maximum Gasteiger partial charge on any atom is 0.337 e. The average Bonchev–Trinajstić information content (AvgIpc) is 3.26. The predicted octanol–water partition coefficient (Wildman–Crippen LogP) is 4.91. The highest BCUT2D eigenvalue weighted by molar-refractivity contribution is 5.94. The van der Waals surface area contributed by atoms with Crippen LogP contribution in [0.3, 0.4) is 0 Å². The molecule has 1 aliphatic heterocycles. The smallest absolute Gasteiger partial charge is 0.337 e. The van der Waals surface area contributed by atoms with Crippen LogP contribution in [0.5, 0.6) is 0 Å². The molecule has 1 atom stereocenters. The van der Waals surface area contributed by atoms with Crippen molar-refractivity contribution in [2.75, 3.05) is 10.2 Å². The normalized spacial score (nSPS) is 13.6. The zero-order chi connectivity index (χ0) is 25.7. The van der Waals surface area contributed by atoms with Crippen LogP contribution in [-0.4, -0.2) is 20.6 Å². The fraction of sp³-hybridized carbons (Fsp3) is 0.222. The summed E-state index contributed by atoms with van der Waals surface area (Å²) in [6.07, 6.45) is 0. The van der Waals surface area contributed by atoms with Gasteiger partial charge in [-0.1, -0.05) is 18.2 Å². The van der Waals surface area contributed by atoms with E-state index in [2.05, 4.69) is 5.32 Å². The van der Waals surface area contributed by atoms with E-state index in [1.807, 2.05) is 4.90 Å². The van der Waals surface area contributed by atoms with Crippen LogP contribution in [0.15, 0.2) is 53.3 Å². The summed E-state index contributed by atoms with van der Waals surface area (Å²) in [6.45, 7) is 4.18. The lowest BCUT2D eigenvalue weighted by Gasteiger charge is -2.23. The third-order valence-electron chi connectivity index (χ3n) is 6.65. The number of fused-ring (bicyclic) bond motifs is 2. The van der Waals surface area contributed by atoms with Crippen LogP contribution < -0.4 is 15.8 Å². The highest BCUT2D eigenvalue weighted by Crippen LogP contribution is 2.32. The van der Waals surface area contributed by atoms with Crippen LogP contribution in [0, 0.1) is 18.6 Å². The van der Waals surface area contributed by atoms with Crippen molar-refractivity contribution in [1.29, 1.82) is 0 Å². The molecule has 5 rings (SSSR count). The van der Waals surface area contributed by atoms with Crippen molar-refractivity contribution < 1.29 is 18.7 Å². The summed E-state index contributed by atoms with van der Waals surface area (Å²) in [5.74, 6) is -1.72. The number of hydrogen-bond acceptors (Lipinski definition) is 5. The lowest BCUT2D eigenvalue weighted by molar-refractivity contribution is 0.0698. The number of para-hydroxylation sites is 1. The molecule has 1 aromatic heterocycles. The highest BCUT2D eigenvalue weighted by atomic mass is 19.1. The number of benzene rings is 3. The number of carboxylic acid groups (broad SMARTS) is 1. The zero-order valence-corrected chi connectivity index (χ0v) is 20.0. The van der Waals surface area contributed by atoms with E-state index in [1.54, 1.807) is 51.2 Å². The number of aromatic nitrogens is 2. The Labute approximate surface area is 205 Å². The SMILES string of the molecule is Cc1cc(C(C)Nc2ccccc2C(=O)O)c2nc(N3Cc4ccc(F)cc4C3)n(C)c(=O)c2c1F. The van der Waals surface area contributed by atoms with Crippen LogP contribution in [0.1, 0.15) is 45.6 Å². The molecule has 0 saturated heterocycles. The Morgan fingerprint density at radius 3 is 2.58 bits per heavy atom. The Hall–Kier alpha value is -4.27. The molecule has 4 aromatic rings. The first-order valence-electron chi connectivity index (χ1n) is 11.5. The maximum atomic E-state index is 15.2. The van der Waals surface area contributed by atoms with Gasteiger partial charge in [0.2, 0.25) is 5.95 Å². The van der Waals surface area contributed by atoms with E-state index >= 15 is 4.39 Å². The van der Waals surface area contributed by atoms with Gasteiger partial charge < -0.3 is 15.3 Å². The minimum atomic E-state index is -1.08. The van der Waals surface area contributed by atoms with Gasteiger partial charge in [-0.3, -0.25) is 9.36 Å². The first-order chi connectivity index (χ1) is 17.2. The molecule has 0 amide bonds. The lowest BCUT2D eigenvalue weighted by Crippen LogP contribution is -2.29. The van der Waals surface area contributed by atoms with E-state index in [1.165, 1.54) is 22.8 Å². The van der Waals surface area contributed by atoms with Crippen molar-refractivity contribution in [3.8, 4) is 0 Å². The third kappa shape index (κ3) is 3.86. The van der Waals surface area contributed by atoms with Crippen molar-refractivity contribution in [1.82, 2.24) is 9.55 Å². The molecule has 0 radical (unpaired) electrons. The van der Waals surface area contributed by atoms with E-state index in [0.29, 0.717) is 30.3 Å². The van der Waals surface area contributed by atoms with Gasteiger partial charge in [-0.05, 0) is 60.9 Å². The number of rotatable bonds is 5. The molecule has 0 spiro atoms. The molecule has 2 heterocycles. The molecule has 2 N–H and O–H groups in total. The topological polar surface area (TPSA) is 87.5 Å². The first kappa shape index (κ1) is 23.5. The molecule has 0 bridgehead atoms. The van der Waals surface area contributed by atoms with Crippen LogP contribution in [0.25, 0.3) is 10.9 Å². The van der Waals surface area contributed by atoms with Crippen LogP contribution in [0.2, 0.25) is 0 Å². The summed E-state index contributed by atoms with van der Waals surface area (Å²) >= 11 is 0. The van der Waals surface area contributed by atoms with Crippen molar-refractivity contribution in [2.24, 2.45) is 7.05 Å². The van der Waals surface area contributed by atoms with Gasteiger partial charge in [-0.25, -0.2) is 18.6 Å². The van der Waals surface area contributed by atoms with Crippen LogP contribution >= 0.6 is 0 Å². The van der Waals surface area contributed by atoms with Gasteiger partial charge in [0, 0.05) is 31.4 Å². The van der Waals surface area contributed by atoms with E-state index in [4.69, 9.17) is 4.98 Å². The Bertz CT molecular complexity index is 1600. The third-order valence-corrected chi connectivity index (χ3v) is 6.65. The Morgan fingerprint density at radius 1 is 1.11 bits per heavy atom. The summed E-state index contributed by atoms with van der Waals surface area (Å²) < 4.78 is 30.3. The van der Waals surface area contributed by atoms with Crippen molar-refractivity contribution in [3.05, 3.63) is 98.3 Å². The molecule has 0 fully saturated rings. The summed E-state index contributed by atoms with van der Waals surface area (Å²) in [6, 6.07) is 12.2. The van der Waals surface area contributed by atoms with Crippen molar-refractivity contribution in [2.45, 2.75) is 33.0 Å². The number of aromatic carboxylic acids is 1. The van der Waals surface area contributed by atoms with Crippen molar-refractivity contribution >= 4 is 28.5 Å². The lowest BCUT2D eigenvalue weighted by atomic mass is 10.00. The highest BCUT2D eigenvalue weighted by Gasteiger charge is 2.26. The second-order valence-corrected chi connectivity index (χ2v) is 9.08. The second kappa shape index (κ2) is 8.75. The number of carboxylic acids is 1. The average molecular weight is 491 g/mol. The van der Waals surface area contributed by atoms with E-state index in [0.717, 1.165) is 11.1 Å². The minimum absolute atomic E-state index is 0.0964. The van der Waals surface area contributed by atoms with Gasteiger partial charge in [0.15, 0.2) is 0 Å². The molecule has 0 aliphatic carbocycles. The summed E-state index contributed by atoms with van der Waals surface area (Å²) in [5.41, 5.74) is 2.75. The summed E-state index contributed by atoms with van der Waals surface area (Å²) in [5, 5.41) is 12.6. The fourth-order valence-electron chi connectivity index (χ4n) is 4.78. The van der Waals surface area contributed by atoms with E-state index in [-0.39, 0.29) is 27.8 Å². The second-order valence-electron chi connectivity index (χ2n) is 9.08. The van der Waals surface area contributed by atoms with Gasteiger partial charge in [0.05, 0.1) is 17.1 Å². The number of carbonyl (C=O) groups is 1. The van der Waals surface area contributed by atoms with E-state index < -0.39 is 23.4 Å². The summed E-state index contributed by atoms with van der Waals surface area (Å²) in [4.78, 5) is 31.6. The molecular formula is C27H24F2N4O3. The summed E-state index contributed by atoms with van der Waals surface area (Å²) in [7, 11) is 1.54. The molecule has 9 heteroatoms. The molecule has 184 valence electrons. The molecule has 1 aliphatic rings. The standard InChI is InChI=1S/C27H24F2N4O3/c1-14-10-20(15(2)30-21-7-5-4-6-19(21)26(35)36)24-22(23(14)29)25(34)32(3)27(31-24)33-12-16-8-9-18(28)11-17(16)13-33/h4-11,15,30H,12-13H2,1-3H3,(H,35,36). The monoisotopic (exact) mass is 490 g/mol. The maximum absolute atomic E-state index is 15.2. The number of anilines is 2. The Morgan fingerprint density at radius 2 is 1.83 bits per heavy atom. The molecular weight excluding hydrogens is 466 g/mol. The van der Waals surface area contributed by atoms with Crippen molar-refractivity contribution in [3.63, 3.8) is 0 Å². The molecule has 1 unspecified atom stereocenters. The minimum Gasteiger partial charge on any atom is -0.478 e. The number of nitrogens with zero attached hydrogens (tertiary/aromatic N) is 3. The molecule has 36 heavy (non-hydrogen) atoms. The Kier molecular flexibility index (Phi) is 5.70. The van der Waals surface area contributed by atoms with Gasteiger partial charge in [0.25, 0.3) is 5.56 Å². The molecule has 7 nitrogen and oxygen atoms in total. The number of hydrogen-bond donors (Lipinski definition) is 2. The van der Waals surface area contributed by atoms with Gasteiger partial charge in [-0.2, -0.15) is 0 Å². The number of halogens is 2. The zero-order valence-electron chi connectivity index (χ0n) is 20.0. The quantitative estimate of drug-likeness (QED) is 0.413. The largest absolute Gasteiger partial charge is 0.478 e. The number of aryl methyl sites for hydroxylation is 1. The van der Waals surface area contributed by atoms with Gasteiger partial charge >= 0.3 is 5.97 Å². The number of nitrogens with one attached hydrogen (secondary N) is 1. The molecule has 3 aromatic carbocycles.